The molecule has 0 aromatic heterocycles. The summed E-state index contributed by atoms with van der Waals surface area (Å²) in [6, 6.07) is 5.26. The van der Waals surface area contributed by atoms with Gasteiger partial charge in [-0.15, -0.1) is 0 Å². The van der Waals surface area contributed by atoms with Gasteiger partial charge >= 0.3 is 0 Å². The standard InChI is InChI=1S/C15H24N2O2S/c1-3-4-5-6-9-16-15(20)17-11-12-7-8-13(18)14(10-12)19-2/h7-8,10,18H,3-6,9,11H2,1-2H3,(H2,16,17,20). The molecule has 0 atom stereocenters. The van der Waals surface area contributed by atoms with Crippen LogP contribution in [0.2, 0.25) is 0 Å². The molecule has 0 radical (unpaired) electrons. The minimum absolute atomic E-state index is 0.146. The number of hydrogen-bond acceptors (Lipinski definition) is 3. The summed E-state index contributed by atoms with van der Waals surface area (Å²) in [5, 5.41) is 16.5. The first-order chi connectivity index (χ1) is 9.67. The van der Waals surface area contributed by atoms with Crippen LogP contribution in [0.3, 0.4) is 0 Å². The van der Waals surface area contributed by atoms with Gasteiger partial charge < -0.3 is 20.5 Å². The Morgan fingerprint density at radius 1 is 1.25 bits per heavy atom. The highest BCUT2D eigenvalue weighted by molar-refractivity contribution is 7.80. The maximum atomic E-state index is 9.52. The average molecular weight is 296 g/mol. The van der Waals surface area contributed by atoms with Crippen molar-refractivity contribution >= 4 is 17.3 Å². The van der Waals surface area contributed by atoms with Gasteiger partial charge in [0, 0.05) is 13.1 Å². The second-order valence-corrected chi connectivity index (χ2v) is 5.08. The van der Waals surface area contributed by atoms with Gasteiger partial charge in [-0.25, -0.2) is 0 Å². The lowest BCUT2D eigenvalue weighted by molar-refractivity contribution is 0.373. The van der Waals surface area contributed by atoms with Crippen LogP contribution in [0.4, 0.5) is 0 Å². The summed E-state index contributed by atoms with van der Waals surface area (Å²) >= 11 is 5.22. The normalized spacial score (nSPS) is 10.1. The molecule has 0 unspecified atom stereocenters. The van der Waals surface area contributed by atoms with E-state index >= 15 is 0 Å². The van der Waals surface area contributed by atoms with Gasteiger partial charge in [0.25, 0.3) is 0 Å². The van der Waals surface area contributed by atoms with Crippen LogP contribution in [0.25, 0.3) is 0 Å². The van der Waals surface area contributed by atoms with Crippen molar-refractivity contribution in [3.05, 3.63) is 23.8 Å². The minimum atomic E-state index is 0.146. The maximum absolute atomic E-state index is 9.52. The number of benzene rings is 1. The van der Waals surface area contributed by atoms with Crippen molar-refractivity contribution in [3.8, 4) is 11.5 Å². The largest absolute Gasteiger partial charge is 0.504 e. The van der Waals surface area contributed by atoms with Crippen molar-refractivity contribution in [2.45, 2.75) is 39.2 Å². The van der Waals surface area contributed by atoms with Crippen LogP contribution in [0.1, 0.15) is 38.2 Å². The zero-order valence-corrected chi connectivity index (χ0v) is 13.1. The minimum Gasteiger partial charge on any atom is -0.504 e. The predicted octanol–water partition coefficient (Wildman–Crippen LogP) is 2.95. The molecule has 0 saturated heterocycles. The van der Waals surface area contributed by atoms with E-state index in [1.165, 1.54) is 26.4 Å². The molecule has 0 fully saturated rings. The Bertz CT molecular complexity index is 424. The fraction of sp³-hybridized carbons (Fsp3) is 0.533. The van der Waals surface area contributed by atoms with E-state index < -0.39 is 0 Å². The average Bonchev–Trinajstić information content (AvgIpc) is 2.46. The van der Waals surface area contributed by atoms with E-state index in [-0.39, 0.29) is 5.75 Å². The SMILES string of the molecule is CCCCCCNC(=S)NCc1ccc(O)c(OC)c1. The molecule has 0 heterocycles. The van der Waals surface area contributed by atoms with Crippen molar-refractivity contribution in [2.24, 2.45) is 0 Å². The van der Waals surface area contributed by atoms with E-state index in [4.69, 9.17) is 17.0 Å². The molecule has 0 aliphatic carbocycles. The molecule has 0 spiro atoms. The first kappa shape index (κ1) is 16.6. The lowest BCUT2D eigenvalue weighted by Crippen LogP contribution is -2.35. The molecule has 112 valence electrons. The highest BCUT2D eigenvalue weighted by Crippen LogP contribution is 2.26. The van der Waals surface area contributed by atoms with Gasteiger partial charge in [-0.3, -0.25) is 0 Å². The predicted molar refractivity (Wildman–Crippen MR) is 86.2 cm³/mol. The monoisotopic (exact) mass is 296 g/mol. The molecule has 4 nitrogen and oxygen atoms in total. The molecule has 1 aromatic carbocycles. The fourth-order valence-electron chi connectivity index (χ4n) is 1.83. The summed E-state index contributed by atoms with van der Waals surface area (Å²) in [5.74, 6) is 0.621. The quantitative estimate of drug-likeness (QED) is 0.509. The van der Waals surface area contributed by atoms with E-state index in [0.717, 1.165) is 18.5 Å². The second-order valence-electron chi connectivity index (χ2n) is 4.68. The van der Waals surface area contributed by atoms with Crippen LogP contribution in [0.15, 0.2) is 18.2 Å². The number of nitrogens with one attached hydrogen (secondary N) is 2. The Hall–Kier alpha value is -1.49. The van der Waals surface area contributed by atoms with Crippen molar-refractivity contribution in [3.63, 3.8) is 0 Å². The Labute approximate surface area is 126 Å². The summed E-state index contributed by atoms with van der Waals surface area (Å²) in [6.45, 7) is 3.72. The fourth-order valence-corrected chi connectivity index (χ4v) is 2.00. The van der Waals surface area contributed by atoms with Crippen LogP contribution < -0.4 is 15.4 Å². The van der Waals surface area contributed by atoms with E-state index in [1.807, 2.05) is 6.07 Å². The first-order valence-corrected chi connectivity index (χ1v) is 7.45. The molecule has 1 aromatic rings. The number of methoxy groups -OCH3 is 1. The Morgan fingerprint density at radius 2 is 2.05 bits per heavy atom. The van der Waals surface area contributed by atoms with Gasteiger partial charge in [0.1, 0.15) is 0 Å². The van der Waals surface area contributed by atoms with Gasteiger partial charge in [-0.1, -0.05) is 32.3 Å². The zero-order valence-electron chi connectivity index (χ0n) is 12.2. The van der Waals surface area contributed by atoms with Crippen LogP contribution in [0.5, 0.6) is 11.5 Å². The van der Waals surface area contributed by atoms with Crippen LogP contribution in [-0.4, -0.2) is 23.9 Å². The third-order valence-corrected chi connectivity index (χ3v) is 3.30. The van der Waals surface area contributed by atoms with E-state index in [9.17, 15) is 5.11 Å². The van der Waals surface area contributed by atoms with Crippen LogP contribution >= 0.6 is 12.2 Å². The Balaban J connectivity index is 2.27. The lowest BCUT2D eigenvalue weighted by Gasteiger charge is -2.11. The van der Waals surface area contributed by atoms with Gasteiger partial charge in [-0.2, -0.15) is 0 Å². The van der Waals surface area contributed by atoms with Gasteiger partial charge in [-0.05, 0) is 36.3 Å². The van der Waals surface area contributed by atoms with Gasteiger partial charge in [0.05, 0.1) is 7.11 Å². The second kappa shape index (κ2) is 9.42. The number of unbranched alkanes of at least 4 members (excludes halogenated alkanes) is 3. The van der Waals surface area contributed by atoms with Crippen molar-refractivity contribution in [2.75, 3.05) is 13.7 Å². The third kappa shape index (κ3) is 6.10. The van der Waals surface area contributed by atoms with Crippen molar-refractivity contribution < 1.29 is 9.84 Å². The molecule has 0 aliphatic heterocycles. The summed E-state index contributed by atoms with van der Waals surface area (Å²) in [7, 11) is 1.54. The number of ether oxygens (including phenoxy) is 1. The number of phenolic OH excluding ortho intramolecular Hbond substituents is 1. The van der Waals surface area contributed by atoms with E-state index in [1.54, 1.807) is 12.1 Å². The molecule has 3 N–H and O–H groups in total. The molecule has 0 saturated carbocycles. The smallest absolute Gasteiger partial charge is 0.166 e. The molecular weight excluding hydrogens is 272 g/mol. The van der Waals surface area contributed by atoms with Crippen molar-refractivity contribution in [1.29, 1.82) is 0 Å². The number of phenols is 1. The summed E-state index contributed by atoms with van der Waals surface area (Å²) < 4.78 is 5.07. The van der Waals surface area contributed by atoms with Gasteiger partial charge in [0.15, 0.2) is 16.6 Å². The molecule has 20 heavy (non-hydrogen) atoms. The Kier molecular flexibility index (Phi) is 7.80. The topological polar surface area (TPSA) is 53.5 Å². The van der Waals surface area contributed by atoms with Crippen LogP contribution in [-0.2, 0) is 6.54 Å². The molecular formula is C15H24N2O2S. The van der Waals surface area contributed by atoms with Crippen LogP contribution in [0, 0.1) is 0 Å². The molecule has 5 heteroatoms. The summed E-state index contributed by atoms with van der Waals surface area (Å²) in [5.41, 5.74) is 1.01. The lowest BCUT2D eigenvalue weighted by atomic mass is 10.2. The highest BCUT2D eigenvalue weighted by Gasteiger charge is 2.03. The first-order valence-electron chi connectivity index (χ1n) is 7.05. The summed E-state index contributed by atoms with van der Waals surface area (Å²) in [4.78, 5) is 0. The van der Waals surface area contributed by atoms with E-state index in [0.29, 0.717) is 17.4 Å². The number of aromatic hydroxyl groups is 1. The zero-order chi connectivity index (χ0) is 14.8. The maximum Gasteiger partial charge on any atom is 0.166 e. The molecule has 0 bridgehead atoms. The van der Waals surface area contributed by atoms with Gasteiger partial charge in [0.2, 0.25) is 0 Å². The molecule has 1 rings (SSSR count). The number of hydrogen-bond donors (Lipinski definition) is 3. The summed E-state index contributed by atoms with van der Waals surface area (Å²) in [6.07, 6.45) is 4.89. The molecule has 0 amide bonds. The highest BCUT2D eigenvalue weighted by atomic mass is 32.1. The number of thiocarbonyl (C=S) groups is 1. The Morgan fingerprint density at radius 3 is 2.75 bits per heavy atom. The third-order valence-electron chi connectivity index (χ3n) is 3.01. The van der Waals surface area contributed by atoms with Crippen molar-refractivity contribution in [1.82, 2.24) is 10.6 Å². The van der Waals surface area contributed by atoms with E-state index in [2.05, 4.69) is 17.6 Å². The molecule has 0 aliphatic rings. The number of rotatable bonds is 8.